The number of carbonyl (C=O) groups excluding carboxylic acids is 3. The van der Waals surface area contributed by atoms with Gasteiger partial charge in [0, 0.05) is 32.5 Å². The molecule has 3 aliphatic rings. The molecular formula is C36H51ClN2O9. The number of halogens is 1. The van der Waals surface area contributed by atoms with Crippen molar-refractivity contribution in [1.82, 2.24) is 4.90 Å². The first kappa shape index (κ1) is 37.9. The van der Waals surface area contributed by atoms with Crippen LogP contribution in [0, 0.1) is 5.92 Å². The molecule has 4 bridgehead atoms. The van der Waals surface area contributed by atoms with Crippen molar-refractivity contribution in [3.05, 3.63) is 46.5 Å². The maximum atomic E-state index is 14.0. The first-order valence-electron chi connectivity index (χ1n) is 16.5. The predicted octanol–water partition coefficient (Wildman–Crippen LogP) is 4.65. The lowest BCUT2D eigenvalue weighted by atomic mass is 9.78. The molecule has 11 nitrogen and oxygen atoms in total. The van der Waals surface area contributed by atoms with Crippen molar-refractivity contribution in [2.75, 3.05) is 33.2 Å². The highest BCUT2D eigenvalue weighted by molar-refractivity contribution is 6.35. The number of fused-ring (bicyclic) bond motifs is 5. The number of hydrogen-bond donors (Lipinski definition) is 1. The minimum absolute atomic E-state index is 0.0729. The molecule has 0 unspecified atom stereocenters. The van der Waals surface area contributed by atoms with Crippen LogP contribution in [-0.4, -0.2) is 104 Å². The van der Waals surface area contributed by atoms with Gasteiger partial charge in [-0.3, -0.25) is 19.3 Å². The molecule has 0 radical (unpaired) electrons. The second-order valence-electron chi connectivity index (χ2n) is 14.0. The van der Waals surface area contributed by atoms with Crippen LogP contribution in [0.4, 0.5) is 5.69 Å². The molecule has 3 aliphatic heterocycles. The van der Waals surface area contributed by atoms with E-state index in [0.717, 1.165) is 11.1 Å². The zero-order valence-corrected chi connectivity index (χ0v) is 30.5. The van der Waals surface area contributed by atoms with Crippen LogP contribution < -0.4 is 9.64 Å². The number of nitrogens with zero attached hydrogens (tertiary/aromatic N) is 2. The van der Waals surface area contributed by atoms with E-state index >= 15 is 0 Å². The largest absolute Gasteiger partial charge is 0.495 e. The topological polar surface area (TPSA) is 127 Å². The number of esters is 2. The summed E-state index contributed by atoms with van der Waals surface area (Å²) in [5.41, 5.74) is -0.343. The van der Waals surface area contributed by atoms with E-state index in [1.54, 1.807) is 33.0 Å². The van der Waals surface area contributed by atoms with Crippen molar-refractivity contribution in [1.29, 1.82) is 0 Å². The molecule has 2 fully saturated rings. The second-order valence-corrected chi connectivity index (χ2v) is 14.4. The highest BCUT2D eigenvalue weighted by Crippen LogP contribution is 2.50. The number of rotatable bonds is 6. The zero-order valence-electron chi connectivity index (χ0n) is 29.7. The Bertz CT molecular complexity index is 1450. The molecule has 1 N–H and O–H groups in total. The lowest BCUT2D eigenvalue weighted by Crippen LogP contribution is -2.53. The predicted molar refractivity (Wildman–Crippen MR) is 182 cm³/mol. The van der Waals surface area contributed by atoms with Gasteiger partial charge in [-0.2, -0.15) is 0 Å². The molecule has 8 atom stereocenters. The van der Waals surface area contributed by atoms with Crippen LogP contribution in [0.2, 0.25) is 5.02 Å². The fraction of sp³-hybridized carbons (Fsp3) is 0.639. The van der Waals surface area contributed by atoms with Gasteiger partial charge in [0.1, 0.15) is 46.3 Å². The lowest BCUT2D eigenvalue weighted by Gasteiger charge is -2.41. The fourth-order valence-electron chi connectivity index (χ4n) is 6.71. The standard InChI is InChI=1S/C36H51ClN2O9/c1-20(2)38(7)23(5)34(42)47-29-17-30(40)39(8)25-15-24(16-26(44-9)32(25)37)14-21(3)12-11-13-28(45-10)36(43)18-27(46-31(41)19-36)22(4)33-35(29,6)48-33/h11-13,15-16,20,22-23,27-29,33,43H,14,17-19H2,1-10H3/b13-11+,21-12+/t22-,23+,27+,28-,29+,33+,35+,36-/m1/s1. The van der Waals surface area contributed by atoms with Crippen molar-refractivity contribution in [2.45, 2.75) is 115 Å². The molecule has 1 amide bonds. The molecule has 0 aromatic heterocycles. The van der Waals surface area contributed by atoms with Crippen LogP contribution in [0.15, 0.2) is 35.9 Å². The number of allylic oxidation sites excluding steroid dienone is 3. The van der Waals surface area contributed by atoms with Crippen LogP contribution in [0.25, 0.3) is 0 Å². The Hall–Kier alpha value is -2.96. The molecule has 4 rings (SSSR count). The highest BCUT2D eigenvalue weighted by Gasteiger charge is 2.64. The molecule has 0 saturated carbocycles. The molecule has 12 heteroatoms. The van der Waals surface area contributed by atoms with E-state index in [9.17, 15) is 19.5 Å². The van der Waals surface area contributed by atoms with E-state index in [0.29, 0.717) is 17.9 Å². The molecule has 266 valence electrons. The Morgan fingerprint density at radius 1 is 1.21 bits per heavy atom. The number of methoxy groups -OCH3 is 2. The van der Waals surface area contributed by atoms with Crippen molar-refractivity contribution >= 4 is 35.1 Å². The lowest BCUT2D eigenvalue weighted by molar-refractivity contribution is -0.187. The maximum absolute atomic E-state index is 14.0. The third-order valence-electron chi connectivity index (χ3n) is 10.2. The first-order chi connectivity index (χ1) is 22.4. The molecule has 3 heterocycles. The van der Waals surface area contributed by atoms with Crippen molar-refractivity contribution in [3.8, 4) is 5.75 Å². The molecule has 1 aromatic rings. The summed E-state index contributed by atoms with van der Waals surface area (Å²) in [4.78, 5) is 43.8. The van der Waals surface area contributed by atoms with Crippen LogP contribution >= 0.6 is 11.6 Å². The molecule has 2 saturated heterocycles. The van der Waals surface area contributed by atoms with Gasteiger partial charge in [-0.15, -0.1) is 0 Å². The van der Waals surface area contributed by atoms with Crippen molar-refractivity contribution in [2.24, 2.45) is 5.92 Å². The molecule has 0 aliphatic carbocycles. The van der Waals surface area contributed by atoms with Crippen LogP contribution in [0.5, 0.6) is 5.75 Å². The third kappa shape index (κ3) is 7.91. The second kappa shape index (κ2) is 14.9. The molecule has 1 aromatic carbocycles. The fourth-order valence-corrected chi connectivity index (χ4v) is 7.02. The molecule has 0 spiro atoms. The average molecular weight is 691 g/mol. The number of likely N-dealkylation sites (N-methyl/N-ethyl adjacent to an activating group) is 1. The summed E-state index contributed by atoms with van der Waals surface area (Å²) in [7, 11) is 6.46. The number of hydrogen-bond acceptors (Lipinski definition) is 10. The Balaban J connectivity index is 1.79. The molecule has 48 heavy (non-hydrogen) atoms. The van der Waals surface area contributed by atoms with Gasteiger partial charge in [-0.05, 0) is 65.8 Å². The summed E-state index contributed by atoms with van der Waals surface area (Å²) in [6.45, 7) is 11.3. The van der Waals surface area contributed by atoms with Gasteiger partial charge in [-0.1, -0.05) is 42.3 Å². The van der Waals surface area contributed by atoms with Crippen LogP contribution in [0.3, 0.4) is 0 Å². The van der Waals surface area contributed by atoms with Crippen molar-refractivity contribution in [3.63, 3.8) is 0 Å². The minimum Gasteiger partial charge on any atom is -0.495 e. The van der Waals surface area contributed by atoms with Gasteiger partial charge in [0.15, 0.2) is 0 Å². The Morgan fingerprint density at radius 3 is 2.52 bits per heavy atom. The van der Waals surface area contributed by atoms with Gasteiger partial charge in [0.2, 0.25) is 5.91 Å². The highest BCUT2D eigenvalue weighted by atomic mass is 35.5. The normalized spacial score (nSPS) is 33.8. The Morgan fingerprint density at radius 2 is 1.90 bits per heavy atom. The quantitative estimate of drug-likeness (QED) is 0.333. The summed E-state index contributed by atoms with van der Waals surface area (Å²) in [5.74, 6) is -1.40. The third-order valence-corrected chi connectivity index (χ3v) is 10.6. The average Bonchev–Trinajstić information content (AvgIpc) is 3.73. The SMILES string of the molecule is COc1cc2cc(c1Cl)N(C)C(=O)C[C@H](OC(=O)[C@H](C)N(C)C(C)C)[C@]1(C)O[C@H]1[C@H](C)[C@@H]1C[C@@](O)(CC(=O)O1)[C@H](OC)/C=C/C=C(\C)C2. The summed E-state index contributed by atoms with van der Waals surface area (Å²) >= 11 is 6.75. The first-order valence-corrected chi connectivity index (χ1v) is 16.8. The number of ether oxygens (including phenoxy) is 5. The minimum atomic E-state index is -1.53. The number of carbonyl (C=O) groups is 3. The van der Waals surface area contributed by atoms with Crippen LogP contribution in [-0.2, 0) is 39.8 Å². The number of benzene rings is 1. The summed E-state index contributed by atoms with van der Waals surface area (Å²) in [6, 6.07) is 3.15. The smallest absolute Gasteiger partial charge is 0.323 e. The van der Waals surface area contributed by atoms with Crippen LogP contribution in [0.1, 0.15) is 66.4 Å². The van der Waals surface area contributed by atoms with E-state index in [1.165, 1.54) is 19.1 Å². The number of anilines is 1. The van der Waals surface area contributed by atoms with Gasteiger partial charge < -0.3 is 33.7 Å². The number of epoxide rings is 1. The monoisotopic (exact) mass is 690 g/mol. The van der Waals surface area contributed by atoms with Crippen molar-refractivity contribution < 1.29 is 43.2 Å². The number of amides is 1. The Kier molecular flexibility index (Phi) is 11.7. The van der Waals surface area contributed by atoms with Gasteiger partial charge >= 0.3 is 11.9 Å². The van der Waals surface area contributed by atoms with E-state index in [1.807, 2.05) is 57.9 Å². The maximum Gasteiger partial charge on any atom is 0.323 e. The summed E-state index contributed by atoms with van der Waals surface area (Å²) in [6.07, 6.45) is 2.57. The van der Waals surface area contributed by atoms with Gasteiger partial charge in [-0.25, -0.2) is 0 Å². The summed E-state index contributed by atoms with van der Waals surface area (Å²) < 4.78 is 29.4. The molecular weight excluding hydrogens is 640 g/mol. The van der Waals surface area contributed by atoms with E-state index in [-0.39, 0.29) is 36.2 Å². The summed E-state index contributed by atoms with van der Waals surface area (Å²) in [5, 5.41) is 12.1. The van der Waals surface area contributed by atoms with E-state index in [2.05, 4.69) is 0 Å². The zero-order chi connectivity index (χ0) is 35.7. The van der Waals surface area contributed by atoms with Gasteiger partial charge in [0.25, 0.3) is 0 Å². The van der Waals surface area contributed by atoms with E-state index in [4.69, 9.17) is 35.3 Å². The van der Waals surface area contributed by atoms with E-state index < -0.39 is 59.5 Å². The number of aliphatic hydroxyl groups is 1. The Labute approximate surface area is 289 Å². The van der Waals surface area contributed by atoms with Gasteiger partial charge in [0.05, 0.1) is 31.7 Å².